The number of carbonyl (C=O) groups excluding carboxylic acids is 3. The lowest BCUT2D eigenvalue weighted by Gasteiger charge is -2.37. The number of halogens is 1. The van der Waals surface area contributed by atoms with E-state index in [-0.39, 0.29) is 23.3 Å². The van der Waals surface area contributed by atoms with Gasteiger partial charge in [0.15, 0.2) is 0 Å². The van der Waals surface area contributed by atoms with Crippen molar-refractivity contribution in [1.29, 1.82) is 0 Å². The second-order valence-electron chi connectivity index (χ2n) is 8.26. The number of hydrogen-bond acceptors (Lipinski definition) is 3. The van der Waals surface area contributed by atoms with Crippen LogP contribution in [-0.4, -0.2) is 59.7 Å². The molecule has 1 fully saturated rings. The summed E-state index contributed by atoms with van der Waals surface area (Å²) in [6, 6.07) is 5.03. The van der Waals surface area contributed by atoms with E-state index in [9.17, 15) is 18.8 Å². The van der Waals surface area contributed by atoms with Crippen molar-refractivity contribution in [2.45, 2.75) is 53.0 Å². The van der Waals surface area contributed by atoms with Gasteiger partial charge in [0.1, 0.15) is 11.9 Å². The number of amides is 3. The van der Waals surface area contributed by atoms with E-state index in [4.69, 9.17) is 0 Å². The summed E-state index contributed by atoms with van der Waals surface area (Å²) in [5, 5.41) is 2.80. The predicted molar refractivity (Wildman–Crippen MR) is 114 cm³/mol. The van der Waals surface area contributed by atoms with Crippen molar-refractivity contribution in [2.24, 2.45) is 11.8 Å². The van der Waals surface area contributed by atoms with Crippen molar-refractivity contribution < 1.29 is 18.8 Å². The van der Waals surface area contributed by atoms with E-state index < -0.39 is 17.8 Å². The fraction of sp³-hybridized carbons (Fsp3) is 0.609. The van der Waals surface area contributed by atoms with E-state index in [0.29, 0.717) is 51.4 Å². The normalized spacial score (nSPS) is 15.7. The molecule has 1 unspecified atom stereocenters. The zero-order chi connectivity index (χ0) is 22.3. The van der Waals surface area contributed by atoms with Gasteiger partial charge in [0, 0.05) is 32.6 Å². The first-order chi connectivity index (χ1) is 14.3. The van der Waals surface area contributed by atoms with Gasteiger partial charge in [-0.15, -0.1) is 0 Å². The van der Waals surface area contributed by atoms with Crippen molar-refractivity contribution in [3.8, 4) is 0 Å². The highest BCUT2D eigenvalue weighted by Crippen LogP contribution is 2.24. The van der Waals surface area contributed by atoms with Gasteiger partial charge < -0.3 is 15.1 Å². The summed E-state index contributed by atoms with van der Waals surface area (Å²) in [5.74, 6) is -1.03. The zero-order valence-corrected chi connectivity index (χ0v) is 18.5. The number of nitrogens with zero attached hydrogens (tertiary/aromatic N) is 2. The molecule has 166 valence electrons. The number of rotatable bonds is 8. The summed E-state index contributed by atoms with van der Waals surface area (Å²) in [6.45, 7) is 10.0. The number of likely N-dealkylation sites (tertiary alicyclic amines) is 1. The van der Waals surface area contributed by atoms with Crippen molar-refractivity contribution in [1.82, 2.24) is 15.1 Å². The molecule has 0 aliphatic carbocycles. The van der Waals surface area contributed by atoms with Crippen LogP contribution in [0.1, 0.15) is 57.3 Å². The van der Waals surface area contributed by atoms with Crippen LogP contribution >= 0.6 is 0 Å². The molecule has 1 saturated heterocycles. The molecule has 1 heterocycles. The van der Waals surface area contributed by atoms with Crippen molar-refractivity contribution in [3.05, 3.63) is 35.6 Å². The molecule has 1 atom stereocenters. The molecule has 0 saturated carbocycles. The molecule has 0 bridgehead atoms. The fourth-order valence-corrected chi connectivity index (χ4v) is 3.94. The van der Waals surface area contributed by atoms with Crippen LogP contribution in [0.2, 0.25) is 0 Å². The second-order valence-corrected chi connectivity index (χ2v) is 8.26. The fourth-order valence-electron chi connectivity index (χ4n) is 3.94. The number of benzene rings is 1. The average molecular weight is 420 g/mol. The predicted octanol–water partition coefficient (Wildman–Crippen LogP) is 3.08. The average Bonchev–Trinajstić information content (AvgIpc) is 2.72. The summed E-state index contributed by atoms with van der Waals surface area (Å²) in [6.07, 6.45) is 1.76. The number of nitrogens with one attached hydrogen (secondary N) is 1. The van der Waals surface area contributed by atoms with Crippen molar-refractivity contribution in [3.63, 3.8) is 0 Å². The van der Waals surface area contributed by atoms with Crippen LogP contribution in [0.25, 0.3) is 0 Å². The lowest BCUT2D eigenvalue weighted by Crippen LogP contribution is -2.55. The molecule has 0 aromatic heterocycles. The van der Waals surface area contributed by atoms with E-state index in [1.165, 1.54) is 18.2 Å². The Morgan fingerprint density at radius 1 is 1.13 bits per heavy atom. The van der Waals surface area contributed by atoms with Crippen LogP contribution in [0.3, 0.4) is 0 Å². The maximum atomic E-state index is 14.1. The van der Waals surface area contributed by atoms with E-state index >= 15 is 0 Å². The Morgan fingerprint density at radius 2 is 1.73 bits per heavy atom. The highest BCUT2D eigenvalue weighted by atomic mass is 19.1. The second kappa shape index (κ2) is 11.1. The first-order valence-electron chi connectivity index (χ1n) is 10.9. The van der Waals surface area contributed by atoms with Crippen molar-refractivity contribution in [2.75, 3.05) is 26.2 Å². The Labute approximate surface area is 178 Å². The maximum Gasteiger partial charge on any atom is 0.254 e. The molecule has 1 aromatic carbocycles. The van der Waals surface area contributed by atoms with Gasteiger partial charge in [-0.3, -0.25) is 14.4 Å². The van der Waals surface area contributed by atoms with E-state index in [2.05, 4.69) is 5.32 Å². The van der Waals surface area contributed by atoms with Gasteiger partial charge in [-0.05, 0) is 50.7 Å². The largest absolute Gasteiger partial charge is 0.343 e. The molecular formula is C23H34FN3O3. The molecule has 3 amide bonds. The van der Waals surface area contributed by atoms with Gasteiger partial charge in [-0.1, -0.05) is 26.0 Å². The van der Waals surface area contributed by atoms with Crippen LogP contribution in [0.4, 0.5) is 4.39 Å². The van der Waals surface area contributed by atoms with E-state index in [1.807, 2.05) is 32.6 Å². The monoisotopic (exact) mass is 419 g/mol. The molecule has 0 spiro atoms. The number of hydrogen-bond donors (Lipinski definition) is 1. The molecule has 0 radical (unpaired) electrons. The minimum atomic E-state index is -0.737. The Balaban J connectivity index is 2.15. The van der Waals surface area contributed by atoms with E-state index in [0.717, 1.165) is 0 Å². The molecular weight excluding hydrogens is 385 g/mol. The minimum Gasteiger partial charge on any atom is -0.343 e. The Hall–Kier alpha value is -2.44. The Morgan fingerprint density at radius 3 is 2.27 bits per heavy atom. The highest BCUT2D eigenvalue weighted by Gasteiger charge is 2.36. The molecule has 1 aliphatic heterocycles. The van der Waals surface area contributed by atoms with Gasteiger partial charge in [0.2, 0.25) is 11.8 Å². The van der Waals surface area contributed by atoms with Gasteiger partial charge in [0.25, 0.3) is 5.91 Å². The topological polar surface area (TPSA) is 69.7 Å². The lowest BCUT2D eigenvalue weighted by molar-refractivity contribution is -0.136. The summed E-state index contributed by atoms with van der Waals surface area (Å²) in [7, 11) is 0. The summed E-state index contributed by atoms with van der Waals surface area (Å²) < 4.78 is 14.1. The third-order valence-corrected chi connectivity index (χ3v) is 5.69. The highest BCUT2D eigenvalue weighted by molar-refractivity contribution is 5.97. The smallest absolute Gasteiger partial charge is 0.254 e. The third kappa shape index (κ3) is 6.03. The van der Waals surface area contributed by atoms with Gasteiger partial charge in [0.05, 0.1) is 5.56 Å². The molecule has 6 nitrogen and oxygen atoms in total. The molecule has 30 heavy (non-hydrogen) atoms. The molecule has 7 heteroatoms. The Kier molecular flexibility index (Phi) is 8.81. The number of piperidine rings is 1. The summed E-state index contributed by atoms with van der Waals surface area (Å²) in [4.78, 5) is 41.8. The SMILES string of the molecule is CCN(CC)C(=O)C(NC(=O)c1ccccc1F)C1CCN(C(=O)CC(C)C)CC1. The Bertz CT molecular complexity index is 741. The summed E-state index contributed by atoms with van der Waals surface area (Å²) >= 11 is 0. The lowest BCUT2D eigenvalue weighted by atomic mass is 9.87. The van der Waals surface area contributed by atoms with Gasteiger partial charge in [-0.25, -0.2) is 4.39 Å². The molecule has 1 aromatic rings. The molecule has 2 rings (SSSR count). The maximum absolute atomic E-state index is 14.1. The number of likely N-dealkylation sites (N-methyl/N-ethyl adjacent to an activating group) is 1. The number of carbonyl (C=O) groups is 3. The first kappa shape index (κ1) is 23.8. The van der Waals surface area contributed by atoms with Crippen LogP contribution in [0.5, 0.6) is 0 Å². The van der Waals surface area contributed by atoms with Crippen LogP contribution in [-0.2, 0) is 9.59 Å². The zero-order valence-electron chi connectivity index (χ0n) is 18.5. The molecule has 1 aliphatic rings. The molecule has 1 N–H and O–H groups in total. The van der Waals surface area contributed by atoms with Gasteiger partial charge >= 0.3 is 0 Å². The third-order valence-electron chi connectivity index (χ3n) is 5.69. The standard InChI is InChI=1S/C23H34FN3O3/c1-5-26(6-2)23(30)21(25-22(29)18-9-7-8-10-19(18)24)17-11-13-27(14-12-17)20(28)15-16(3)4/h7-10,16-17,21H,5-6,11-15H2,1-4H3,(H,25,29). The first-order valence-corrected chi connectivity index (χ1v) is 10.9. The van der Waals surface area contributed by atoms with Gasteiger partial charge in [-0.2, -0.15) is 0 Å². The van der Waals surface area contributed by atoms with Crippen LogP contribution in [0, 0.1) is 17.7 Å². The van der Waals surface area contributed by atoms with E-state index in [1.54, 1.807) is 11.0 Å². The van der Waals surface area contributed by atoms with Crippen LogP contribution in [0.15, 0.2) is 24.3 Å². The van der Waals surface area contributed by atoms with Crippen LogP contribution < -0.4 is 5.32 Å². The minimum absolute atomic E-state index is 0.0700. The quantitative estimate of drug-likeness (QED) is 0.704. The van der Waals surface area contributed by atoms with Crippen molar-refractivity contribution >= 4 is 17.7 Å². The summed E-state index contributed by atoms with van der Waals surface area (Å²) in [5.41, 5.74) is -0.0700.